The van der Waals surface area contributed by atoms with Crippen molar-refractivity contribution in [1.29, 1.82) is 0 Å². The first-order valence-electron chi connectivity index (χ1n) is 3.61. The molecule has 0 spiro atoms. The van der Waals surface area contributed by atoms with Gasteiger partial charge in [0.15, 0.2) is 9.84 Å². The van der Waals surface area contributed by atoms with Crippen molar-refractivity contribution in [2.75, 3.05) is 12.4 Å². The van der Waals surface area contributed by atoms with E-state index in [1.807, 2.05) is 0 Å². The molecule has 1 aromatic rings. The molecule has 0 bridgehead atoms. The first-order valence-corrected chi connectivity index (χ1v) is 5.64. The zero-order valence-electron chi connectivity index (χ0n) is 6.70. The normalized spacial score (nSPS) is 11.5. The van der Waals surface area contributed by atoms with Crippen LogP contribution in [0.25, 0.3) is 0 Å². The second-order valence-corrected chi connectivity index (χ2v) is 4.92. The molecule has 0 saturated carbocycles. The highest BCUT2D eigenvalue weighted by atomic mass is 35.5. The molecule has 0 aliphatic rings. The van der Waals surface area contributed by atoms with Gasteiger partial charge in [-0.1, -0.05) is 23.7 Å². The molecule has 0 aliphatic heterocycles. The van der Waals surface area contributed by atoms with Crippen LogP contribution in [0.5, 0.6) is 0 Å². The Balaban J connectivity index is 3.15. The zero-order valence-corrected chi connectivity index (χ0v) is 8.28. The molecule has 0 atom stereocenters. The topological polar surface area (TPSA) is 34.1 Å². The molecule has 0 heterocycles. The van der Waals surface area contributed by atoms with Crippen molar-refractivity contribution < 1.29 is 12.8 Å². The summed E-state index contributed by atoms with van der Waals surface area (Å²) in [5.41, 5.74) is 0. The fourth-order valence-electron chi connectivity index (χ4n) is 0.908. The Hall–Kier alpha value is -0.610. The number of benzene rings is 1. The molecule has 0 aliphatic carbocycles. The van der Waals surface area contributed by atoms with Gasteiger partial charge in [0.2, 0.25) is 0 Å². The molecule has 2 nitrogen and oxygen atoms in total. The van der Waals surface area contributed by atoms with Crippen LogP contribution in [0.2, 0.25) is 5.02 Å². The van der Waals surface area contributed by atoms with E-state index in [4.69, 9.17) is 11.6 Å². The minimum Gasteiger partial charge on any atom is -0.250 e. The second-order valence-electron chi connectivity index (χ2n) is 2.44. The van der Waals surface area contributed by atoms with Crippen LogP contribution in [0, 0.1) is 0 Å². The van der Waals surface area contributed by atoms with E-state index in [9.17, 15) is 12.8 Å². The number of sulfone groups is 1. The lowest BCUT2D eigenvalue weighted by atomic mass is 10.4. The SMILES string of the molecule is O=S(=O)(CCF)c1ccccc1Cl. The highest BCUT2D eigenvalue weighted by Gasteiger charge is 2.16. The molecule has 0 fully saturated rings. The summed E-state index contributed by atoms with van der Waals surface area (Å²) < 4.78 is 34.5. The molecule has 1 aromatic carbocycles. The van der Waals surface area contributed by atoms with Gasteiger partial charge >= 0.3 is 0 Å². The molecule has 5 heteroatoms. The van der Waals surface area contributed by atoms with Crippen molar-refractivity contribution in [1.82, 2.24) is 0 Å². The smallest absolute Gasteiger partial charge is 0.182 e. The van der Waals surface area contributed by atoms with Crippen molar-refractivity contribution in [3.8, 4) is 0 Å². The molecule has 0 unspecified atom stereocenters. The second kappa shape index (κ2) is 4.07. The van der Waals surface area contributed by atoms with E-state index in [1.165, 1.54) is 12.1 Å². The summed E-state index contributed by atoms with van der Waals surface area (Å²) in [6.07, 6.45) is 0. The van der Waals surface area contributed by atoms with E-state index in [1.54, 1.807) is 12.1 Å². The minimum absolute atomic E-state index is 0.00526. The molecule has 0 aromatic heterocycles. The van der Waals surface area contributed by atoms with Crippen molar-refractivity contribution in [2.24, 2.45) is 0 Å². The lowest BCUT2D eigenvalue weighted by Gasteiger charge is -2.02. The van der Waals surface area contributed by atoms with Crippen molar-refractivity contribution in [2.45, 2.75) is 4.90 Å². The van der Waals surface area contributed by atoms with E-state index in [0.29, 0.717) is 0 Å². The van der Waals surface area contributed by atoms with Crippen LogP contribution in [-0.4, -0.2) is 20.8 Å². The molecule has 0 N–H and O–H groups in total. The van der Waals surface area contributed by atoms with Crippen molar-refractivity contribution >= 4 is 21.4 Å². The van der Waals surface area contributed by atoms with Gasteiger partial charge in [0.25, 0.3) is 0 Å². The van der Waals surface area contributed by atoms with E-state index in [0.717, 1.165) is 0 Å². The van der Waals surface area contributed by atoms with E-state index in [2.05, 4.69) is 0 Å². The van der Waals surface area contributed by atoms with Gasteiger partial charge in [-0.05, 0) is 12.1 Å². The van der Waals surface area contributed by atoms with Gasteiger partial charge in [-0.25, -0.2) is 12.8 Å². The number of alkyl halides is 1. The lowest BCUT2D eigenvalue weighted by molar-refractivity contribution is 0.517. The maximum atomic E-state index is 11.9. The average molecular weight is 223 g/mol. The Morgan fingerprint density at radius 1 is 1.31 bits per heavy atom. The molecule has 0 saturated heterocycles. The van der Waals surface area contributed by atoms with Crippen molar-refractivity contribution in [3.05, 3.63) is 29.3 Å². The number of hydrogen-bond donors (Lipinski definition) is 0. The summed E-state index contributed by atoms with van der Waals surface area (Å²) in [6.45, 7) is -0.895. The van der Waals surface area contributed by atoms with Gasteiger partial charge in [-0.2, -0.15) is 0 Å². The summed E-state index contributed by atoms with van der Waals surface area (Å²) in [4.78, 5) is -0.00526. The van der Waals surface area contributed by atoms with Crippen LogP contribution in [-0.2, 0) is 9.84 Å². The van der Waals surface area contributed by atoms with Crippen LogP contribution < -0.4 is 0 Å². The molecule has 13 heavy (non-hydrogen) atoms. The maximum absolute atomic E-state index is 11.9. The molecular weight excluding hydrogens is 215 g/mol. The molecular formula is C8H8ClFO2S. The van der Waals surface area contributed by atoms with Crippen molar-refractivity contribution in [3.63, 3.8) is 0 Å². The van der Waals surface area contributed by atoms with Crippen LogP contribution in [0.4, 0.5) is 4.39 Å². The van der Waals surface area contributed by atoms with Gasteiger partial charge < -0.3 is 0 Å². The van der Waals surface area contributed by atoms with Crippen LogP contribution in [0.1, 0.15) is 0 Å². The van der Waals surface area contributed by atoms with Gasteiger partial charge in [0.1, 0.15) is 6.67 Å². The Kier molecular flexibility index (Phi) is 3.27. The highest BCUT2D eigenvalue weighted by Crippen LogP contribution is 2.21. The van der Waals surface area contributed by atoms with E-state index >= 15 is 0 Å². The molecule has 72 valence electrons. The lowest BCUT2D eigenvalue weighted by Crippen LogP contribution is -2.08. The predicted octanol–water partition coefficient (Wildman–Crippen LogP) is 2.08. The van der Waals surface area contributed by atoms with Gasteiger partial charge in [0.05, 0.1) is 15.7 Å². The highest BCUT2D eigenvalue weighted by molar-refractivity contribution is 7.91. The largest absolute Gasteiger partial charge is 0.250 e. The van der Waals surface area contributed by atoms with Crippen LogP contribution in [0.15, 0.2) is 29.2 Å². The average Bonchev–Trinajstić information content (AvgIpc) is 2.04. The third-order valence-electron chi connectivity index (χ3n) is 1.52. The zero-order chi connectivity index (χ0) is 9.90. The summed E-state index contributed by atoms with van der Waals surface area (Å²) >= 11 is 5.64. The molecule has 0 amide bonds. The third kappa shape index (κ3) is 2.42. The first-order chi connectivity index (χ1) is 6.08. The van der Waals surface area contributed by atoms with Gasteiger partial charge in [-0.3, -0.25) is 0 Å². The standard InChI is InChI=1S/C8H8ClFO2S/c9-7-3-1-2-4-8(7)13(11,12)6-5-10/h1-4H,5-6H2. The summed E-state index contributed by atoms with van der Waals surface area (Å²) in [5.74, 6) is -0.517. The number of rotatable bonds is 3. The summed E-state index contributed by atoms with van der Waals surface area (Å²) in [6, 6.07) is 6.01. The number of hydrogen-bond acceptors (Lipinski definition) is 2. The van der Waals surface area contributed by atoms with E-state index < -0.39 is 22.3 Å². The Morgan fingerprint density at radius 3 is 2.46 bits per heavy atom. The molecule has 0 radical (unpaired) electrons. The quantitative estimate of drug-likeness (QED) is 0.785. The van der Waals surface area contributed by atoms with Gasteiger partial charge in [0, 0.05) is 0 Å². The Bertz CT molecular complexity index is 389. The fourth-order valence-corrected chi connectivity index (χ4v) is 2.47. The first kappa shape index (κ1) is 10.5. The third-order valence-corrected chi connectivity index (χ3v) is 3.68. The summed E-state index contributed by atoms with van der Waals surface area (Å²) in [5, 5.41) is 0.135. The van der Waals surface area contributed by atoms with Crippen LogP contribution >= 0.6 is 11.6 Å². The number of halogens is 2. The predicted molar refractivity (Wildman–Crippen MR) is 49.5 cm³/mol. The Morgan fingerprint density at radius 2 is 1.92 bits per heavy atom. The molecule has 1 rings (SSSR count). The summed E-state index contributed by atoms with van der Waals surface area (Å²) in [7, 11) is -3.55. The Labute approximate surface area is 81.3 Å². The van der Waals surface area contributed by atoms with Gasteiger partial charge in [-0.15, -0.1) is 0 Å². The minimum atomic E-state index is -3.55. The fraction of sp³-hybridized carbons (Fsp3) is 0.250. The maximum Gasteiger partial charge on any atom is 0.182 e. The monoisotopic (exact) mass is 222 g/mol. The van der Waals surface area contributed by atoms with Crippen LogP contribution in [0.3, 0.4) is 0 Å². The van der Waals surface area contributed by atoms with E-state index in [-0.39, 0.29) is 9.92 Å².